The van der Waals surface area contributed by atoms with E-state index in [2.05, 4.69) is 41.8 Å². The molecular formula is C19H21ClN2O. The largest absolute Gasteiger partial charge is 0.337 e. The minimum absolute atomic E-state index is 0.106. The number of carbonyl (C=O) groups excluding carboxylic acids is 1. The number of urea groups is 1. The zero-order valence-electron chi connectivity index (χ0n) is 13.4. The van der Waals surface area contributed by atoms with Crippen LogP contribution in [-0.4, -0.2) is 12.6 Å². The van der Waals surface area contributed by atoms with Gasteiger partial charge in [-0.15, -0.1) is 0 Å². The van der Waals surface area contributed by atoms with Gasteiger partial charge in [-0.2, -0.15) is 0 Å². The Morgan fingerprint density at radius 2 is 1.83 bits per heavy atom. The van der Waals surface area contributed by atoms with Crippen LogP contribution in [0, 0.1) is 13.8 Å². The van der Waals surface area contributed by atoms with E-state index in [0.29, 0.717) is 11.6 Å². The molecule has 0 heterocycles. The molecule has 0 bridgehead atoms. The molecule has 0 aliphatic heterocycles. The monoisotopic (exact) mass is 328 g/mol. The third-order valence-corrected chi connectivity index (χ3v) is 5.03. The summed E-state index contributed by atoms with van der Waals surface area (Å²) >= 11 is 6.08. The third kappa shape index (κ3) is 3.50. The van der Waals surface area contributed by atoms with Gasteiger partial charge in [-0.1, -0.05) is 47.5 Å². The van der Waals surface area contributed by atoms with E-state index in [4.69, 9.17) is 11.6 Å². The van der Waals surface area contributed by atoms with Crippen LogP contribution in [0.2, 0.25) is 5.02 Å². The maximum atomic E-state index is 12.2. The van der Waals surface area contributed by atoms with Crippen LogP contribution in [-0.2, 0) is 5.41 Å². The molecule has 3 rings (SSSR count). The summed E-state index contributed by atoms with van der Waals surface area (Å²) in [5.74, 6) is 0. The number of hydrogen-bond donors (Lipinski definition) is 2. The van der Waals surface area contributed by atoms with Crippen molar-refractivity contribution in [3.63, 3.8) is 0 Å². The van der Waals surface area contributed by atoms with Crippen molar-refractivity contribution in [3.8, 4) is 0 Å². The van der Waals surface area contributed by atoms with Crippen molar-refractivity contribution in [2.75, 3.05) is 11.9 Å². The molecule has 2 aromatic rings. The van der Waals surface area contributed by atoms with Gasteiger partial charge in [0.15, 0.2) is 0 Å². The summed E-state index contributed by atoms with van der Waals surface area (Å²) in [6, 6.07) is 13.9. The third-order valence-electron chi connectivity index (χ3n) is 4.62. The van der Waals surface area contributed by atoms with Gasteiger partial charge in [0.05, 0.1) is 0 Å². The summed E-state index contributed by atoms with van der Waals surface area (Å²) in [5, 5.41) is 6.53. The van der Waals surface area contributed by atoms with Crippen molar-refractivity contribution in [2.45, 2.75) is 32.1 Å². The Labute approximate surface area is 142 Å². The standard InChI is InChI=1S/C19H21ClN2O/c1-13-6-8-15(9-7-13)19(10-11-19)12-21-18(23)22-17-5-3-4-16(20)14(17)2/h3-9H,10-12H2,1-2H3,(H2,21,22,23). The maximum absolute atomic E-state index is 12.2. The smallest absolute Gasteiger partial charge is 0.319 e. The van der Waals surface area contributed by atoms with E-state index in [-0.39, 0.29) is 11.4 Å². The number of carbonyl (C=O) groups is 1. The molecular weight excluding hydrogens is 308 g/mol. The molecule has 3 nitrogen and oxygen atoms in total. The molecule has 1 fully saturated rings. The first-order valence-corrected chi connectivity index (χ1v) is 8.25. The SMILES string of the molecule is Cc1ccc(C2(CNC(=O)Nc3cccc(Cl)c3C)CC2)cc1. The topological polar surface area (TPSA) is 41.1 Å². The lowest BCUT2D eigenvalue weighted by Crippen LogP contribution is -2.35. The lowest BCUT2D eigenvalue weighted by atomic mass is 9.95. The summed E-state index contributed by atoms with van der Waals surface area (Å²) < 4.78 is 0. The molecule has 2 aromatic carbocycles. The average Bonchev–Trinajstić information content (AvgIpc) is 3.32. The molecule has 2 N–H and O–H groups in total. The van der Waals surface area contributed by atoms with Crippen molar-refractivity contribution >= 4 is 23.3 Å². The fourth-order valence-electron chi connectivity index (χ4n) is 2.78. The van der Waals surface area contributed by atoms with E-state index >= 15 is 0 Å². The molecule has 1 aliphatic carbocycles. The van der Waals surface area contributed by atoms with Crippen LogP contribution in [0.4, 0.5) is 10.5 Å². The van der Waals surface area contributed by atoms with Crippen molar-refractivity contribution in [3.05, 3.63) is 64.2 Å². The predicted octanol–water partition coefficient (Wildman–Crippen LogP) is 4.81. The summed E-state index contributed by atoms with van der Waals surface area (Å²) in [6.45, 7) is 4.64. The Balaban J connectivity index is 1.61. The van der Waals surface area contributed by atoms with Crippen LogP contribution in [0.1, 0.15) is 29.5 Å². The van der Waals surface area contributed by atoms with Crippen LogP contribution < -0.4 is 10.6 Å². The van der Waals surface area contributed by atoms with Gasteiger partial charge in [0, 0.05) is 22.7 Å². The number of anilines is 1. The van der Waals surface area contributed by atoms with Gasteiger partial charge in [-0.25, -0.2) is 4.79 Å². The number of aryl methyl sites for hydroxylation is 1. The van der Waals surface area contributed by atoms with Crippen molar-refractivity contribution in [1.29, 1.82) is 0 Å². The highest BCUT2D eigenvalue weighted by Crippen LogP contribution is 2.47. The lowest BCUT2D eigenvalue weighted by Gasteiger charge is -2.18. The van der Waals surface area contributed by atoms with E-state index in [1.165, 1.54) is 11.1 Å². The first-order chi connectivity index (χ1) is 11.0. The number of benzene rings is 2. The van der Waals surface area contributed by atoms with Crippen LogP contribution in [0.3, 0.4) is 0 Å². The van der Waals surface area contributed by atoms with Gasteiger partial charge in [-0.05, 0) is 49.9 Å². The number of hydrogen-bond acceptors (Lipinski definition) is 1. The lowest BCUT2D eigenvalue weighted by molar-refractivity contribution is 0.251. The second-order valence-electron chi connectivity index (χ2n) is 6.37. The highest BCUT2D eigenvalue weighted by atomic mass is 35.5. The van der Waals surface area contributed by atoms with E-state index in [1.807, 2.05) is 25.1 Å². The van der Waals surface area contributed by atoms with E-state index in [9.17, 15) is 4.79 Å². The minimum Gasteiger partial charge on any atom is -0.337 e. The van der Waals surface area contributed by atoms with Crippen LogP contribution >= 0.6 is 11.6 Å². The average molecular weight is 329 g/mol. The maximum Gasteiger partial charge on any atom is 0.319 e. The molecule has 2 amide bonds. The number of nitrogens with one attached hydrogen (secondary N) is 2. The van der Waals surface area contributed by atoms with Gasteiger partial charge in [0.1, 0.15) is 0 Å². The number of halogens is 1. The summed E-state index contributed by atoms with van der Waals surface area (Å²) in [7, 11) is 0. The molecule has 0 radical (unpaired) electrons. The van der Waals surface area contributed by atoms with E-state index in [0.717, 1.165) is 24.1 Å². The van der Waals surface area contributed by atoms with Gasteiger partial charge < -0.3 is 10.6 Å². The minimum atomic E-state index is -0.186. The molecule has 1 aliphatic rings. The molecule has 1 saturated carbocycles. The Kier molecular flexibility index (Phi) is 4.31. The normalized spacial score (nSPS) is 15.1. The summed E-state index contributed by atoms with van der Waals surface area (Å²) in [4.78, 5) is 12.2. The Bertz CT molecular complexity index is 721. The molecule has 0 aromatic heterocycles. The van der Waals surface area contributed by atoms with Gasteiger partial charge in [-0.3, -0.25) is 0 Å². The Hall–Kier alpha value is -2.00. The highest BCUT2D eigenvalue weighted by Gasteiger charge is 2.44. The quantitative estimate of drug-likeness (QED) is 0.830. The van der Waals surface area contributed by atoms with Gasteiger partial charge in [0.2, 0.25) is 0 Å². The first-order valence-electron chi connectivity index (χ1n) is 7.87. The van der Waals surface area contributed by atoms with Crippen LogP contribution in [0.15, 0.2) is 42.5 Å². The molecule has 0 spiro atoms. The zero-order valence-corrected chi connectivity index (χ0v) is 14.2. The number of amides is 2. The van der Waals surface area contributed by atoms with Crippen LogP contribution in [0.5, 0.6) is 0 Å². The Morgan fingerprint density at radius 3 is 2.48 bits per heavy atom. The molecule has 23 heavy (non-hydrogen) atoms. The first kappa shape index (κ1) is 15.9. The molecule has 0 atom stereocenters. The molecule has 120 valence electrons. The zero-order chi connectivity index (χ0) is 16.4. The second kappa shape index (κ2) is 6.25. The second-order valence-corrected chi connectivity index (χ2v) is 6.77. The molecule has 4 heteroatoms. The van der Waals surface area contributed by atoms with Gasteiger partial charge >= 0.3 is 6.03 Å². The van der Waals surface area contributed by atoms with Crippen LogP contribution in [0.25, 0.3) is 0 Å². The summed E-state index contributed by atoms with van der Waals surface area (Å²) in [6.07, 6.45) is 2.24. The van der Waals surface area contributed by atoms with Crippen molar-refractivity contribution in [1.82, 2.24) is 5.32 Å². The van der Waals surface area contributed by atoms with Gasteiger partial charge in [0.25, 0.3) is 0 Å². The number of rotatable bonds is 4. The molecule has 0 unspecified atom stereocenters. The predicted molar refractivity (Wildman–Crippen MR) is 95.3 cm³/mol. The fraction of sp³-hybridized carbons (Fsp3) is 0.316. The van der Waals surface area contributed by atoms with Crippen molar-refractivity contribution in [2.24, 2.45) is 0 Å². The van der Waals surface area contributed by atoms with Crippen molar-refractivity contribution < 1.29 is 4.79 Å². The summed E-state index contributed by atoms with van der Waals surface area (Å²) in [5.41, 5.74) is 4.29. The van der Waals surface area contributed by atoms with E-state index in [1.54, 1.807) is 0 Å². The highest BCUT2D eigenvalue weighted by molar-refractivity contribution is 6.31. The Morgan fingerprint density at radius 1 is 1.13 bits per heavy atom. The fourth-order valence-corrected chi connectivity index (χ4v) is 2.96. The van der Waals surface area contributed by atoms with E-state index < -0.39 is 0 Å². The molecule has 0 saturated heterocycles.